The Morgan fingerprint density at radius 1 is 1.29 bits per heavy atom. The molecule has 2 aromatic rings. The number of hydrogen-bond acceptors (Lipinski definition) is 2. The minimum atomic E-state index is 0.685. The third kappa shape index (κ3) is 2.30. The maximum Gasteiger partial charge on any atom is 0.116 e. The van der Waals surface area contributed by atoms with Crippen LogP contribution in [0.25, 0.3) is 5.69 Å². The zero-order valence-electron chi connectivity index (χ0n) is 12.7. The molecule has 0 spiro atoms. The van der Waals surface area contributed by atoms with Crippen molar-refractivity contribution in [2.24, 2.45) is 0 Å². The third-order valence-electron chi connectivity index (χ3n) is 4.61. The third-order valence-corrected chi connectivity index (χ3v) is 4.61. The predicted octanol–water partition coefficient (Wildman–Crippen LogP) is 3.35. The summed E-state index contributed by atoms with van der Waals surface area (Å²) in [5.41, 5.74) is 5.55. The van der Waals surface area contributed by atoms with Gasteiger partial charge in [-0.25, -0.2) is 4.98 Å². The van der Waals surface area contributed by atoms with Crippen LogP contribution in [0.3, 0.4) is 0 Å². The fourth-order valence-electron chi connectivity index (χ4n) is 3.43. The van der Waals surface area contributed by atoms with Crippen molar-refractivity contribution in [3.63, 3.8) is 0 Å². The van der Waals surface area contributed by atoms with Gasteiger partial charge in [0.25, 0.3) is 0 Å². The Labute approximate surface area is 126 Å². The van der Waals surface area contributed by atoms with E-state index in [-0.39, 0.29) is 0 Å². The smallest absolute Gasteiger partial charge is 0.116 e. The van der Waals surface area contributed by atoms with Crippen molar-refractivity contribution in [3.8, 4) is 5.69 Å². The molecular weight excluding hydrogens is 258 g/mol. The van der Waals surface area contributed by atoms with E-state index in [1.807, 2.05) is 0 Å². The van der Waals surface area contributed by atoms with Gasteiger partial charge in [0.2, 0.25) is 0 Å². The molecule has 1 aliphatic heterocycles. The van der Waals surface area contributed by atoms with E-state index in [0.717, 1.165) is 25.9 Å². The number of hydrogen-bond donors (Lipinski definition) is 1. The normalized spacial score (nSPS) is 17.8. The monoisotopic (exact) mass is 281 g/mol. The Hall–Kier alpha value is -1.61. The van der Waals surface area contributed by atoms with Crippen LogP contribution in [0.15, 0.2) is 24.3 Å². The van der Waals surface area contributed by atoms with Gasteiger partial charge in [0.15, 0.2) is 0 Å². The summed E-state index contributed by atoms with van der Waals surface area (Å²) in [6.45, 7) is 4.25. The number of rotatable bonds is 4. The number of aromatic nitrogens is 2. The molecule has 110 valence electrons. The van der Waals surface area contributed by atoms with Gasteiger partial charge in [-0.15, -0.1) is 0 Å². The number of fused-ring (bicyclic) bond motifs is 1. The van der Waals surface area contributed by atoms with Gasteiger partial charge >= 0.3 is 0 Å². The van der Waals surface area contributed by atoms with Gasteiger partial charge in [-0.05, 0) is 30.9 Å². The highest BCUT2D eigenvalue weighted by Crippen LogP contribution is 2.42. The molecule has 0 radical (unpaired) electrons. The fraction of sp³-hybridized carbons (Fsp3) is 0.500. The predicted molar refractivity (Wildman–Crippen MR) is 84.9 cm³/mol. The van der Waals surface area contributed by atoms with Gasteiger partial charge in [0.05, 0.1) is 11.4 Å². The van der Waals surface area contributed by atoms with Gasteiger partial charge < -0.3 is 5.32 Å². The number of aryl methyl sites for hydroxylation is 1. The van der Waals surface area contributed by atoms with Crippen LogP contribution in [0.5, 0.6) is 0 Å². The molecular formula is C18H23N3. The molecule has 0 atom stereocenters. The summed E-state index contributed by atoms with van der Waals surface area (Å²) < 4.78 is 2.50. The number of imidazole rings is 1. The number of para-hydroxylation sites is 1. The molecule has 1 aromatic carbocycles. The van der Waals surface area contributed by atoms with E-state index in [9.17, 15) is 0 Å². The van der Waals surface area contributed by atoms with E-state index in [2.05, 4.69) is 41.1 Å². The average Bonchev–Trinajstić information content (AvgIpc) is 3.29. The van der Waals surface area contributed by atoms with Crippen molar-refractivity contribution in [2.45, 2.75) is 51.5 Å². The summed E-state index contributed by atoms with van der Waals surface area (Å²) in [5, 5.41) is 3.46. The van der Waals surface area contributed by atoms with E-state index in [4.69, 9.17) is 4.98 Å². The zero-order chi connectivity index (χ0) is 14.2. The van der Waals surface area contributed by atoms with Gasteiger partial charge in [-0.1, -0.05) is 31.5 Å². The van der Waals surface area contributed by atoms with Crippen molar-refractivity contribution >= 4 is 0 Å². The molecule has 3 heteroatoms. The van der Waals surface area contributed by atoms with Crippen molar-refractivity contribution in [1.82, 2.24) is 14.9 Å². The summed E-state index contributed by atoms with van der Waals surface area (Å²) in [6, 6.07) is 8.89. The van der Waals surface area contributed by atoms with Crippen molar-refractivity contribution in [1.29, 1.82) is 0 Å². The lowest BCUT2D eigenvalue weighted by Crippen LogP contribution is -2.25. The average molecular weight is 281 g/mol. The van der Waals surface area contributed by atoms with Crippen molar-refractivity contribution in [3.05, 3.63) is 47.0 Å². The highest BCUT2D eigenvalue weighted by atomic mass is 15.1. The number of nitrogens with one attached hydrogen (secondary N) is 1. The molecule has 1 fully saturated rings. The Morgan fingerprint density at radius 3 is 2.95 bits per heavy atom. The Balaban J connectivity index is 1.89. The maximum atomic E-state index is 4.99. The first kappa shape index (κ1) is 13.1. The summed E-state index contributed by atoms with van der Waals surface area (Å²) in [6.07, 6.45) is 6.04. The lowest BCUT2D eigenvalue weighted by atomic mass is 10.1. The topological polar surface area (TPSA) is 29.9 Å². The molecule has 1 aliphatic carbocycles. The summed E-state index contributed by atoms with van der Waals surface area (Å²) in [7, 11) is 0. The maximum absolute atomic E-state index is 4.99. The van der Waals surface area contributed by atoms with Crippen molar-refractivity contribution in [2.75, 3.05) is 6.54 Å². The molecule has 1 N–H and O–H groups in total. The SMILES string of the molecule is CCCc1ccccc1-n1c(C2CC2)nc2c1CCNC2. The van der Waals surface area contributed by atoms with E-state index < -0.39 is 0 Å². The molecule has 0 bridgehead atoms. The van der Waals surface area contributed by atoms with Crippen LogP contribution < -0.4 is 5.32 Å². The number of benzene rings is 1. The highest BCUT2D eigenvalue weighted by Gasteiger charge is 2.32. The summed E-state index contributed by atoms with van der Waals surface area (Å²) in [5.74, 6) is 2.00. The van der Waals surface area contributed by atoms with Crippen LogP contribution >= 0.6 is 0 Å². The Morgan fingerprint density at radius 2 is 2.14 bits per heavy atom. The summed E-state index contributed by atoms with van der Waals surface area (Å²) in [4.78, 5) is 4.99. The van der Waals surface area contributed by atoms with Crippen molar-refractivity contribution < 1.29 is 0 Å². The molecule has 2 aliphatic rings. The Kier molecular flexibility index (Phi) is 3.30. The van der Waals surface area contributed by atoms with Gasteiger partial charge in [0, 0.05) is 31.1 Å². The standard InChI is InChI=1S/C18H23N3/c1-2-5-13-6-3-4-7-16(13)21-17-10-11-19-12-15(17)20-18(21)14-8-9-14/h3-4,6-7,14,19H,2,5,8-12H2,1H3. The molecule has 0 amide bonds. The van der Waals surface area contributed by atoms with E-state index in [1.165, 1.54) is 47.7 Å². The van der Waals surface area contributed by atoms with E-state index in [0.29, 0.717) is 5.92 Å². The highest BCUT2D eigenvalue weighted by molar-refractivity contribution is 5.46. The molecule has 1 saturated carbocycles. The second kappa shape index (κ2) is 5.30. The minimum Gasteiger partial charge on any atom is -0.311 e. The van der Waals surface area contributed by atoms with Gasteiger partial charge in [0.1, 0.15) is 5.82 Å². The first-order valence-corrected chi connectivity index (χ1v) is 8.28. The molecule has 3 nitrogen and oxygen atoms in total. The van der Waals surface area contributed by atoms with Crippen LogP contribution in [-0.4, -0.2) is 16.1 Å². The fourth-order valence-corrected chi connectivity index (χ4v) is 3.43. The first-order valence-electron chi connectivity index (χ1n) is 8.28. The molecule has 2 heterocycles. The second-order valence-electron chi connectivity index (χ2n) is 6.28. The van der Waals surface area contributed by atoms with Crippen LogP contribution in [0.4, 0.5) is 0 Å². The lowest BCUT2D eigenvalue weighted by molar-refractivity contribution is 0.619. The quantitative estimate of drug-likeness (QED) is 0.931. The van der Waals surface area contributed by atoms with E-state index >= 15 is 0 Å². The van der Waals surface area contributed by atoms with E-state index in [1.54, 1.807) is 0 Å². The molecule has 4 rings (SSSR count). The zero-order valence-corrected chi connectivity index (χ0v) is 12.7. The molecule has 1 aromatic heterocycles. The second-order valence-corrected chi connectivity index (χ2v) is 6.28. The van der Waals surface area contributed by atoms with Crippen LogP contribution in [0, 0.1) is 0 Å². The number of nitrogens with zero attached hydrogens (tertiary/aromatic N) is 2. The lowest BCUT2D eigenvalue weighted by Gasteiger charge is -2.18. The summed E-state index contributed by atoms with van der Waals surface area (Å²) >= 11 is 0. The molecule has 21 heavy (non-hydrogen) atoms. The van der Waals surface area contributed by atoms with Crippen LogP contribution in [0.1, 0.15) is 54.9 Å². The minimum absolute atomic E-state index is 0.685. The largest absolute Gasteiger partial charge is 0.311 e. The van der Waals surface area contributed by atoms with Gasteiger partial charge in [-0.2, -0.15) is 0 Å². The Bertz CT molecular complexity index is 652. The molecule has 0 unspecified atom stereocenters. The molecule has 0 saturated heterocycles. The first-order chi connectivity index (χ1) is 10.4. The van der Waals surface area contributed by atoms with Crippen LogP contribution in [0.2, 0.25) is 0 Å². The van der Waals surface area contributed by atoms with Gasteiger partial charge in [-0.3, -0.25) is 4.57 Å². The van der Waals surface area contributed by atoms with Crippen LogP contribution in [-0.2, 0) is 19.4 Å².